The molecule has 3 rings (SSSR count). The summed E-state index contributed by atoms with van der Waals surface area (Å²) in [5.41, 5.74) is 0.731. The van der Waals surface area contributed by atoms with E-state index in [0.29, 0.717) is 24.3 Å². The lowest BCUT2D eigenvalue weighted by atomic mass is 10.1. The van der Waals surface area contributed by atoms with E-state index in [4.69, 9.17) is 14.2 Å². The highest BCUT2D eigenvalue weighted by molar-refractivity contribution is 7.91. The average molecular weight is 423 g/mol. The first-order chi connectivity index (χ1) is 13.8. The van der Waals surface area contributed by atoms with Crippen LogP contribution in [0, 0.1) is 0 Å². The van der Waals surface area contributed by atoms with Crippen LogP contribution >= 0.6 is 0 Å². The minimum absolute atomic E-state index is 0.0406. The lowest BCUT2D eigenvalue weighted by Gasteiger charge is -2.33. The quantitative estimate of drug-likeness (QED) is 0.487. The molecule has 0 aromatic heterocycles. The molecule has 2 atom stereocenters. The summed E-state index contributed by atoms with van der Waals surface area (Å²) in [4.78, 5) is 26.2. The summed E-state index contributed by atoms with van der Waals surface area (Å²) in [6, 6.07) is 4.75. The van der Waals surface area contributed by atoms with Gasteiger partial charge in [0.1, 0.15) is 0 Å². The second-order valence-electron chi connectivity index (χ2n) is 7.17. The highest BCUT2D eigenvalue weighted by Gasteiger charge is 2.36. The summed E-state index contributed by atoms with van der Waals surface area (Å²) >= 11 is 0. The summed E-state index contributed by atoms with van der Waals surface area (Å²) < 4.78 is 39.2. The predicted molar refractivity (Wildman–Crippen MR) is 106 cm³/mol. The van der Waals surface area contributed by atoms with Crippen LogP contribution in [-0.4, -0.2) is 62.2 Å². The molecule has 1 amide bonds. The second kappa shape index (κ2) is 8.86. The summed E-state index contributed by atoms with van der Waals surface area (Å²) in [7, 11) is -3.12. The molecule has 0 N–H and O–H groups in total. The fourth-order valence-corrected chi connectivity index (χ4v) is 5.15. The predicted octanol–water partition coefficient (Wildman–Crippen LogP) is 1.79. The van der Waals surface area contributed by atoms with Gasteiger partial charge in [-0.15, -0.1) is 0 Å². The first kappa shape index (κ1) is 21.2. The van der Waals surface area contributed by atoms with Crippen molar-refractivity contribution in [3.05, 3.63) is 29.8 Å². The Morgan fingerprint density at radius 3 is 2.76 bits per heavy atom. The van der Waals surface area contributed by atoms with Gasteiger partial charge in [-0.2, -0.15) is 0 Å². The maximum Gasteiger partial charge on any atom is 0.331 e. The fourth-order valence-electron chi connectivity index (χ4n) is 3.44. The van der Waals surface area contributed by atoms with E-state index >= 15 is 0 Å². The minimum atomic E-state index is -3.12. The Bertz CT molecular complexity index is 909. The van der Waals surface area contributed by atoms with Crippen LogP contribution in [0.2, 0.25) is 0 Å². The molecule has 0 bridgehead atoms. The van der Waals surface area contributed by atoms with E-state index in [-0.39, 0.29) is 36.3 Å². The van der Waals surface area contributed by atoms with Gasteiger partial charge in [0.05, 0.1) is 11.5 Å². The number of carbonyl (C=O) groups excluding carboxylic acids is 2. The van der Waals surface area contributed by atoms with Crippen LogP contribution in [0.1, 0.15) is 32.3 Å². The number of nitrogens with zero attached hydrogens (tertiary/aromatic N) is 1. The Balaban J connectivity index is 1.57. The number of sulfone groups is 1. The average Bonchev–Trinajstić information content (AvgIpc) is 3.30. The van der Waals surface area contributed by atoms with E-state index in [0.717, 1.165) is 5.56 Å². The number of esters is 1. The third-order valence-corrected chi connectivity index (χ3v) is 6.85. The largest absolute Gasteiger partial charge is 0.454 e. The van der Waals surface area contributed by atoms with Gasteiger partial charge in [-0.25, -0.2) is 13.2 Å². The minimum Gasteiger partial charge on any atom is -0.454 e. The molecule has 9 heteroatoms. The van der Waals surface area contributed by atoms with Crippen LogP contribution < -0.4 is 9.47 Å². The van der Waals surface area contributed by atoms with E-state index in [1.807, 2.05) is 13.8 Å². The summed E-state index contributed by atoms with van der Waals surface area (Å²) in [5.74, 6) is 0.253. The molecular weight excluding hydrogens is 398 g/mol. The Morgan fingerprint density at radius 2 is 2.07 bits per heavy atom. The molecule has 2 aliphatic rings. The standard InChI is InChI=1S/C20H25NO7S/c1-3-14(2)21(16-8-9-29(24,25)12-16)19(22)11-26-20(23)7-5-15-4-6-17-18(10-15)28-13-27-17/h4-7,10,14,16H,3,8-9,11-13H2,1-2H3/b7-5+/t14-,16-/m0/s1. The number of benzene rings is 1. The third-order valence-electron chi connectivity index (χ3n) is 5.10. The molecule has 1 aromatic carbocycles. The van der Waals surface area contributed by atoms with Gasteiger partial charge in [-0.1, -0.05) is 13.0 Å². The van der Waals surface area contributed by atoms with E-state index in [1.54, 1.807) is 29.2 Å². The number of hydrogen-bond donors (Lipinski definition) is 0. The number of rotatable bonds is 7. The maximum atomic E-state index is 12.6. The van der Waals surface area contributed by atoms with Crippen LogP contribution in [0.5, 0.6) is 11.5 Å². The zero-order chi connectivity index (χ0) is 21.0. The Hall–Kier alpha value is -2.55. The molecule has 2 heterocycles. The second-order valence-corrected chi connectivity index (χ2v) is 9.40. The number of ether oxygens (including phenoxy) is 3. The molecular formula is C20H25NO7S. The fraction of sp³-hybridized carbons (Fsp3) is 0.500. The van der Waals surface area contributed by atoms with Crippen LogP contribution in [-0.2, 0) is 24.2 Å². The van der Waals surface area contributed by atoms with Gasteiger partial charge in [0.25, 0.3) is 5.91 Å². The normalized spacial score (nSPS) is 20.6. The summed E-state index contributed by atoms with van der Waals surface area (Å²) in [6.45, 7) is 3.53. The van der Waals surface area contributed by atoms with Crippen LogP contribution in [0.4, 0.5) is 0 Å². The van der Waals surface area contributed by atoms with Gasteiger partial charge in [-0.3, -0.25) is 4.79 Å². The molecule has 8 nitrogen and oxygen atoms in total. The smallest absolute Gasteiger partial charge is 0.331 e. The van der Waals surface area contributed by atoms with Crippen LogP contribution in [0.25, 0.3) is 6.08 Å². The molecule has 0 aliphatic carbocycles. The van der Waals surface area contributed by atoms with Crippen molar-refractivity contribution in [1.29, 1.82) is 0 Å². The lowest BCUT2D eigenvalue weighted by molar-refractivity contribution is -0.150. The van der Waals surface area contributed by atoms with Crippen molar-refractivity contribution in [2.75, 3.05) is 24.9 Å². The van der Waals surface area contributed by atoms with Gasteiger partial charge in [-0.05, 0) is 43.5 Å². The highest BCUT2D eigenvalue weighted by Crippen LogP contribution is 2.32. The Morgan fingerprint density at radius 1 is 1.31 bits per heavy atom. The lowest BCUT2D eigenvalue weighted by Crippen LogP contribution is -2.48. The maximum absolute atomic E-state index is 12.6. The van der Waals surface area contributed by atoms with Gasteiger partial charge in [0.2, 0.25) is 6.79 Å². The molecule has 29 heavy (non-hydrogen) atoms. The van der Waals surface area contributed by atoms with Crippen molar-refractivity contribution in [3.8, 4) is 11.5 Å². The van der Waals surface area contributed by atoms with Gasteiger partial charge >= 0.3 is 5.97 Å². The number of amides is 1. The van der Waals surface area contributed by atoms with Crippen LogP contribution in [0.15, 0.2) is 24.3 Å². The van der Waals surface area contributed by atoms with Gasteiger partial charge < -0.3 is 19.1 Å². The SMILES string of the molecule is CC[C@H](C)N(C(=O)COC(=O)/C=C/c1ccc2c(c1)OCO2)[C@H]1CCS(=O)(=O)C1. The van der Waals surface area contributed by atoms with E-state index in [9.17, 15) is 18.0 Å². The van der Waals surface area contributed by atoms with Gasteiger partial charge in [0.15, 0.2) is 27.9 Å². The number of carbonyl (C=O) groups is 2. The zero-order valence-electron chi connectivity index (χ0n) is 16.5. The van der Waals surface area contributed by atoms with Crippen molar-refractivity contribution in [3.63, 3.8) is 0 Å². The summed E-state index contributed by atoms with van der Waals surface area (Å²) in [6.07, 6.45) is 3.89. The monoisotopic (exact) mass is 423 g/mol. The van der Waals surface area contributed by atoms with Crippen molar-refractivity contribution < 1.29 is 32.2 Å². The molecule has 1 saturated heterocycles. The first-order valence-electron chi connectivity index (χ1n) is 9.55. The molecule has 0 radical (unpaired) electrons. The molecule has 1 aromatic rings. The molecule has 158 valence electrons. The molecule has 2 aliphatic heterocycles. The highest BCUT2D eigenvalue weighted by atomic mass is 32.2. The van der Waals surface area contributed by atoms with E-state index in [2.05, 4.69) is 0 Å². The van der Waals surface area contributed by atoms with Crippen LogP contribution in [0.3, 0.4) is 0 Å². The third kappa shape index (κ3) is 5.29. The molecule has 1 fully saturated rings. The summed E-state index contributed by atoms with van der Waals surface area (Å²) in [5, 5.41) is 0. The topological polar surface area (TPSA) is 99.2 Å². The Kier molecular flexibility index (Phi) is 6.46. The van der Waals surface area contributed by atoms with E-state index in [1.165, 1.54) is 6.08 Å². The first-order valence-corrected chi connectivity index (χ1v) is 11.4. The van der Waals surface area contributed by atoms with Gasteiger partial charge in [0, 0.05) is 18.2 Å². The van der Waals surface area contributed by atoms with Crippen molar-refractivity contribution >= 4 is 27.8 Å². The van der Waals surface area contributed by atoms with Crippen molar-refractivity contribution in [2.45, 2.75) is 38.8 Å². The number of fused-ring (bicyclic) bond motifs is 1. The molecule has 0 spiro atoms. The van der Waals surface area contributed by atoms with Crippen molar-refractivity contribution in [1.82, 2.24) is 4.90 Å². The van der Waals surface area contributed by atoms with Crippen molar-refractivity contribution in [2.24, 2.45) is 0 Å². The molecule has 0 saturated carbocycles. The Labute approximate surface area is 170 Å². The number of hydrogen-bond acceptors (Lipinski definition) is 7. The van der Waals surface area contributed by atoms with E-state index < -0.39 is 22.4 Å². The zero-order valence-corrected chi connectivity index (χ0v) is 17.3. The molecule has 0 unspecified atom stereocenters.